The molecule has 0 aromatic heterocycles. The summed E-state index contributed by atoms with van der Waals surface area (Å²) in [4.78, 5) is 22.5. The number of carbonyl (C=O) groups is 2. The molecular weight excluding hydrogens is 222 g/mol. The molecule has 2 atom stereocenters. The molecule has 1 fully saturated rings. The summed E-state index contributed by atoms with van der Waals surface area (Å²) in [5, 5.41) is 13.0. The van der Waals surface area contributed by atoms with Crippen molar-refractivity contribution in [1.82, 2.24) is 10.6 Å². The van der Waals surface area contributed by atoms with E-state index in [1.807, 2.05) is 6.92 Å². The van der Waals surface area contributed by atoms with Gasteiger partial charge in [-0.1, -0.05) is 6.92 Å². The van der Waals surface area contributed by atoms with E-state index < -0.39 is 11.8 Å². The lowest BCUT2D eigenvalue weighted by Gasteiger charge is -2.16. The van der Waals surface area contributed by atoms with Gasteiger partial charge in [0, 0.05) is 19.1 Å². The number of nitriles is 1. The van der Waals surface area contributed by atoms with Crippen molar-refractivity contribution in [3.63, 3.8) is 0 Å². The van der Waals surface area contributed by atoms with Gasteiger partial charge in [-0.15, -0.1) is 0 Å². The second-order valence-electron chi connectivity index (χ2n) is 3.92. The van der Waals surface area contributed by atoms with Crippen molar-refractivity contribution >= 4 is 11.8 Å². The third-order valence-electron chi connectivity index (χ3n) is 2.81. The minimum Gasteiger partial charge on any atom is -0.378 e. The van der Waals surface area contributed by atoms with E-state index in [9.17, 15) is 9.59 Å². The van der Waals surface area contributed by atoms with Gasteiger partial charge in [-0.2, -0.15) is 5.26 Å². The van der Waals surface area contributed by atoms with Gasteiger partial charge in [0.15, 0.2) is 0 Å². The summed E-state index contributed by atoms with van der Waals surface area (Å²) >= 11 is 0. The van der Waals surface area contributed by atoms with Gasteiger partial charge in [0.1, 0.15) is 6.54 Å². The van der Waals surface area contributed by atoms with Crippen LogP contribution in [0.3, 0.4) is 0 Å². The first-order chi connectivity index (χ1) is 8.19. The fraction of sp³-hybridized carbons (Fsp3) is 0.727. The highest BCUT2D eigenvalue weighted by Crippen LogP contribution is 2.22. The molecule has 0 aromatic rings. The summed E-state index contributed by atoms with van der Waals surface area (Å²) < 4.78 is 5.48. The zero-order valence-electron chi connectivity index (χ0n) is 9.86. The minimum absolute atomic E-state index is 0.156. The maximum atomic E-state index is 11.3. The first-order valence-electron chi connectivity index (χ1n) is 5.73. The van der Waals surface area contributed by atoms with Crippen LogP contribution in [-0.4, -0.2) is 37.6 Å². The van der Waals surface area contributed by atoms with Gasteiger partial charge in [0.05, 0.1) is 12.2 Å². The van der Waals surface area contributed by atoms with Crippen LogP contribution < -0.4 is 10.6 Å². The Balaban J connectivity index is 2.28. The van der Waals surface area contributed by atoms with Crippen LogP contribution in [0.5, 0.6) is 0 Å². The Hall–Kier alpha value is -1.61. The van der Waals surface area contributed by atoms with Crippen molar-refractivity contribution in [3.05, 3.63) is 0 Å². The molecule has 0 spiro atoms. The fourth-order valence-corrected chi connectivity index (χ4v) is 1.88. The summed E-state index contributed by atoms with van der Waals surface area (Å²) in [6.07, 6.45) is 1.97. The Morgan fingerprint density at radius 3 is 2.76 bits per heavy atom. The van der Waals surface area contributed by atoms with Crippen LogP contribution >= 0.6 is 0 Å². The maximum absolute atomic E-state index is 11.3. The van der Waals surface area contributed by atoms with Crippen LogP contribution in [0, 0.1) is 17.2 Å². The molecule has 6 nitrogen and oxygen atoms in total. The van der Waals surface area contributed by atoms with E-state index in [-0.39, 0.29) is 18.6 Å². The topological polar surface area (TPSA) is 91.2 Å². The molecule has 1 saturated heterocycles. The van der Waals surface area contributed by atoms with Crippen LogP contribution in [0.25, 0.3) is 0 Å². The number of nitrogens with zero attached hydrogens (tertiary/aromatic N) is 1. The van der Waals surface area contributed by atoms with Gasteiger partial charge in [-0.05, 0) is 12.8 Å². The molecule has 0 bridgehead atoms. The lowest BCUT2D eigenvalue weighted by molar-refractivity contribution is -0.139. The molecule has 0 radical (unpaired) electrons. The van der Waals surface area contributed by atoms with Crippen LogP contribution in [0.15, 0.2) is 0 Å². The summed E-state index contributed by atoms with van der Waals surface area (Å²) in [7, 11) is 0. The highest BCUT2D eigenvalue weighted by Gasteiger charge is 2.27. The Labute approximate surface area is 100 Å². The standard InChI is InChI=1S/C11H17N3O3/c1-2-9-8(3-6-17-9)7-14-11(16)10(15)13-5-4-12/h8-9H,2-3,5-7H2,1H3,(H,13,15)(H,14,16). The van der Waals surface area contributed by atoms with Crippen LogP contribution in [0.1, 0.15) is 19.8 Å². The van der Waals surface area contributed by atoms with Gasteiger partial charge < -0.3 is 15.4 Å². The number of ether oxygens (including phenoxy) is 1. The molecule has 1 heterocycles. The van der Waals surface area contributed by atoms with Crippen LogP contribution in [0.4, 0.5) is 0 Å². The lowest BCUT2D eigenvalue weighted by Crippen LogP contribution is -2.42. The van der Waals surface area contributed by atoms with Crippen LogP contribution in [-0.2, 0) is 14.3 Å². The number of rotatable bonds is 4. The average Bonchev–Trinajstić information content (AvgIpc) is 2.80. The van der Waals surface area contributed by atoms with Crippen LogP contribution in [0.2, 0.25) is 0 Å². The lowest BCUT2D eigenvalue weighted by atomic mass is 10.00. The third-order valence-corrected chi connectivity index (χ3v) is 2.81. The first kappa shape index (κ1) is 13.5. The van der Waals surface area contributed by atoms with E-state index in [2.05, 4.69) is 10.6 Å². The number of amides is 2. The fourth-order valence-electron chi connectivity index (χ4n) is 1.88. The molecule has 17 heavy (non-hydrogen) atoms. The molecule has 0 aromatic carbocycles. The van der Waals surface area contributed by atoms with E-state index in [1.165, 1.54) is 0 Å². The number of hydrogen-bond donors (Lipinski definition) is 2. The van der Waals surface area contributed by atoms with Gasteiger partial charge in [0.2, 0.25) is 0 Å². The maximum Gasteiger partial charge on any atom is 0.310 e. The van der Waals surface area contributed by atoms with E-state index in [0.29, 0.717) is 13.2 Å². The first-order valence-corrected chi connectivity index (χ1v) is 5.73. The highest BCUT2D eigenvalue weighted by atomic mass is 16.5. The van der Waals surface area contributed by atoms with Gasteiger partial charge in [0.25, 0.3) is 0 Å². The van der Waals surface area contributed by atoms with Crippen molar-refractivity contribution in [3.8, 4) is 6.07 Å². The van der Waals surface area contributed by atoms with Crippen molar-refractivity contribution in [1.29, 1.82) is 5.26 Å². The number of carbonyl (C=O) groups excluding carboxylic acids is 2. The minimum atomic E-state index is -0.765. The molecule has 0 saturated carbocycles. The monoisotopic (exact) mass is 239 g/mol. The molecule has 1 aliphatic rings. The molecule has 94 valence electrons. The van der Waals surface area contributed by atoms with Gasteiger partial charge in [-0.25, -0.2) is 0 Å². The Kier molecular flexibility index (Phi) is 5.43. The quantitative estimate of drug-likeness (QED) is 0.514. The Morgan fingerprint density at radius 2 is 2.12 bits per heavy atom. The molecule has 2 unspecified atom stereocenters. The van der Waals surface area contributed by atoms with Gasteiger partial charge in [-0.3, -0.25) is 9.59 Å². The summed E-state index contributed by atoms with van der Waals surface area (Å²) in [5.41, 5.74) is 0. The Morgan fingerprint density at radius 1 is 1.41 bits per heavy atom. The number of nitrogens with one attached hydrogen (secondary N) is 2. The molecule has 0 aliphatic carbocycles. The van der Waals surface area contributed by atoms with Crippen molar-refractivity contribution < 1.29 is 14.3 Å². The predicted molar refractivity (Wildman–Crippen MR) is 59.8 cm³/mol. The zero-order chi connectivity index (χ0) is 12.7. The SMILES string of the molecule is CCC1OCCC1CNC(=O)C(=O)NCC#N. The molecule has 2 amide bonds. The molecule has 1 aliphatic heterocycles. The second kappa shape index (κ2) is 6.86. The van der Waals surface area contributed by atoms with Crippen molar-refractivity contribution in [2.24, 2.45) is 5.92 Å². The van der Waals surface area contributed by atoms with E-state index >= 15 is 0 Å². The predicted octanol–water partition coefficient (Wildman–Crippen LogP) is -0.443. The van der Waals surface area contributed by atoms with E-state index in [4.69, 9.17) is 10.00 Å². The zero-order valence-corrected chi connectivity index (χ0v) is 9.86. The smallest absolute Gasteiger partial charge is 0.310 e. The normalized spacial score (nSPS) is 22.8. The summed E-state index contributed by atoms with van der Waals surface area (Å²) in [5.74, 6) is -1.19. The largest absolute Gasteiger partial charge is 0.378 e. The van der Waals surface area contributed by atoms with Gasteiger partial charge >= 0.3 is 11.8 Å². The number of hydrogen-bond acceptors (Lipinski definition) is 4. The van der Waals surface area contributed by atoms with E-state index in [0.717, 1.165) is 12.8 Å². The third kappa shape index (κ3) is 4.04. The van der Waals surface area contributed by atoms with E-state index in [1.54, 1.807) is 6.07 Å². The molecule has 2 N–H and O–H groups in total. The molecule has 1 rings (SSSR count). The highest BCUT2D eigenvalue weighted by molar-refractivity contribution is 6.35. The van der Waals surface area contributed by atoms with Crippen molar-refractivity contribution in [2.45, 2.75) is 25.9 Å². The Bertz CT molecular complexity index is 324. The molecule has 6 heteroatoms. The second-order valence-corrected chi connectivity index (χ2v) is 3.92. The summed E-state index contributed by atoms with van der Waals surface area (Å²) in [6, 6.07) is 1.73. The van der Waals surface area contributed by atoms with Crippen molar-refractivity contribution in [2.75, 3.05) is 19.7 Å². The molecular formula is C11H17N3O3. The summed E-state index contributed by atoms with van der Waals surface area (Å²) in [6.45, 7) is 3.03. The average molecular weight is 239 g/mol.